The van der Waals surface area contributed by atoms with Gasteiger partial charge in [0, 0.05) is 48.8 Å². The van der Waals surface area contributed by atoms with Gasteiger partial charge in [0.15, 0.2) is 5.11 Å². The highest BCUT2D eigenvalue weighted by Gasteiger charge is 2.30. The summed E-state index contributed by atoms with van der Waals surface area (Å²) in [6, 6.07) is 16.4. The van der Waals surface area contributed by atoms with E-state index in [9.17, 15) is 0 Å². The van der Waals surface area contributed by atoms with Gasteiger partial charge in [0.25, 0.3) is 0 Å². The van der Waals surface area contributed by atoms with Crippen molar-refractivity contribution in [3.63, 3.8) is 0 Å². The Morgan fingerprint density at radius 3 is 2.40 bits per heavy atom. The Morgan fingerprint density at radius 2 is 1.73 bits per heavy atom. The molecule has 6 heteroatoms. The van der Waals surface area contributed by atoms with Crippen molar-refractivity contribution < 1.29 is 0 Å². The molecule has 30 heavy (non-hydrogen) atoms. The van der Waals surface area contributed by atoms with E-state index in [4.69, 9.17) is 12.2 Å². The predicted molar refractivity (Wildman–Crippen MR) is 132 cm³/mol. The second kappa shape index (κ2) is 10.6. The van der Waals surface area contributed by atoms with Gasteiger partial charge in [0.05, 0.1) is 6.04 Å². The molecule has 4 rings (SSSR count). The smallest absolute Gasteiger partial charge is 0.166 e. The van der Waals surface area contributed by atoms with Crippen molar-refractivity contribution in [1.82, 2.24) is 15.5 Å². The summed E-state index contributed by atoms with van der Waals surface area (Å²) in [5.41, 5.74) is 1.33. The van der Waals surface area contributed by atoms with Gasteiger partial charge in [-0.1, -0.05) is 43.5 Å². The maximum Gasteiger partial charge on any atom is 0.166 e. The van der Waals surface area contributed by atoms with Crippen LogP contribution in [0.15, 0.2) is 47.8 Å². The Kier molecular flexibility index (Phi) is 7.63. The van der Waals surface area contributed by atoms with Gasteiger partial charge in [0.1, 0.15) is 0 Å². The molecule has 2 heterocycles. The minimum absolute atomic E-state index is 0.260. The number of hydrogen-bond acceptors (Lipinski definition) is 4. The molecule has 1 saturated heterocycles. The number of thiophene rings is 1. The summed E-state index contributed by atoms with van der Waals surface area (Å²) in [5.74, 6) is 0. The summed E-state index contributed by atoms with van der Waals surface area (Å²) in [5, 5.41) is 10.2. The molecule has 2 fully saturated rings. The van der Waals surface area contributed by atoms with Gasteiger partial charge in [-0.05, 0) is 55.6 Å². The fourth-order valence-corrected chi connectivity index (χ4v) is 6.18. The van der Waals surface area contributed by atoms with E-state index >= 15 is 0 Å². The van der Waals surface area contributed by atoms with Crippen molar-refractivity contribution in [3.8, 4) is 0 Å². The normalized spacial score (nSPS) is 20.5. The van der Waals surface area contributed by atoms with E-state index in [2.05, 4.69) is 75.2 Å². The van der Waals surface area contributed by atoms with Crippen LogP contribution in [0.1, 0.15) is 49.9 Å². The van der Waals surface area contributed by atoms with Gasteiger partial charge in [-0.25, -0.2) is 0 Å². The molecule has 1 aliphatic carbocycles. The van der Waals surface area contributed by atoms with Crippen LogP contribution in [-0.2, 0) is 0 Å². The molecular weight excluding hydrogens is 408 g/mol. The fraction of sp³-hybridized carbons (Fsp3) is 0.542. The lowest BCUT2D eigenvalue weighted by atomic mass is 9.96. The SMILES string of the molecule is CC(NC(=S)NC1CCCCC1)C(c1cccs1)N1CCN(c2ccccc2)CC1. The minimum Gasteiger partial charge on any atom is -0.369 e. The molecular formula is C24H34N4S2. The fourth-order valence-electron chi connectivity index (χ4n) is 4.86. The highest BCUT2D eigenvalue weighted by atomic mass is 32.1. The topological polar surface area (TPSA) is 30.5 Å². The van der Waals surface area contributed by atoms with Gasteiger partial charge in [-0.2, -0.15) is 0 Å². The van der Waals surface area contributed by atoms with Crippen molar-refractivity contribution in [2.45, 2.75) is 57.2 Å². The van der Waals surface area contributed by atoms with Gasteiger partial charge in [-0.3, -0.25) is 4.90 Å². The number of piperazine rings is 1. The Bertz CT molecular complexity index is 766. The number of hydrogen-bond donors (Lipinski definition) is 2. The zero-order chi connectivity index (χ0) is 20.8. The third kappa shape index (κ3) is 5.54. The maximum atomic E-state index is 5.70. The van der Waals surface area contributed by atoms with Crippen LogP contribution in [0.2, 0.25) is 0 Å². The van der Waals surface area contributed by atoms with E-state index in [0.29, 0.717) is 12.1 Å². The van der Waals surface area contributed by atoms with E-state index in [1.807, 2.05) is 11.3 Å². The predicted octanol–water partition coefficient (Wildman–Crippen LogP) is 4.80. The molecule has 2 unspecified atom stereocenters. The summed E-state index contributed by atoms with van der Waals surface area (Å²) in [6.45, 7) is 6.52. The summed E-state index contributed by atoms with van der Waals surface area (Å²) in [7, 11) is 0. The third-order valence-corrected chi connectivity index (χ3v) is 7.62. The van der Waals surface area contributed by atoms with E-state index < -0.39 is 0 Å². The first-order chi connectivity index (χ1) is 14.7. The molecule has 0 spiro atoms. The average Bonchev–Trinajstić information content (AvgIpc) is 3.30. The van der Waals surface area contributed by atoms with Gasteiger partial charge >= 0.3 is 0 Å². The molecule has 0 bridgehead atoms. The number of rotatable bonds is 6. The molecule has 0 radical (unpaired) electrons. The van der Waals surface area contributed by atoms with Crippen LogP contribution in [-0.4, -0.2) is 48.3 Å². The van der Waals surface area contributed by atoms with E-state index in [-0.39, 0.29) is 6.04 Å². The Labute approximate surface area is 190 Å². The maximum absolute atomic E-state index is 5.70. The molecule has 1 aromatic carbocycles. The number of thiocarbonyl (C=S) groups is 1. The van der Waals surface area contributed by atoms with Crippen LogP contribution in [0.5, 0.6) is 0 Å². The summed E-state index contributed by atoms with van der Waals surface area (Å²) < 4.78 is 0. The second-order valence-corrected chi connectivity index (χ2v) is 9.95. The number of nitrogens with one attached hydrogen (secondary N) is 2. The van der Waals surface area contributed by atoms with Gasteiger partial charge in [-0.15, -0.1) is 11.3 Å². The van der Waals surface area contributed by atoms with Gasteiger partial charge < -0.3 is 15.5 Å². The lowest BCUT2D eigenvalue weighted by Gasteiger charge is -2.42. The number of para-hydroxylation sites is 1. The number of anilines is 1. The first-order valence-corrected chi connectivity index (χ1v) is 12.6. The molecule has 1 aliphatic heterocycles. The van der Waals surface area contributed by atoms with Crippen molar-refractivity contribution >= 4 is 34.4 Å². The standard InChI is InChI=1S/C24H34N4S2/c1-19(25-24(29)26-20-9-4-2-5-10-20)23(22-13-8-18-30-22)28-16-14-27(15-17-28)21-11-6-3-7-12-21/h3,6-8,11-13,18-20,23H,2,4-5,9-10,14-17H2,1H3,(H2,25,26,29). The average molecular weight is 443 g/mol. The second-order valence-electron chi connectivity index (χ2n) is 8.56. The monoisotopic (exact) mass is 442 g/mol. The quantitative estimate of drug-likeness (QED) is 0.628. The minimum atomic E-state index is 0.260. The van der Waals surface area contributed by atoms with Crippen LogP contribution >= 0.6 is 23.6 Å². The van der Waals surface area contributed by atoms with Crippen LogP contribution in [0, 0.1) is 0 Å². The highest BCUT2D eigenvalue weighted by molar-refractivity contribution is 7.80. The van der Waals surface area contributed by atoms with Crippen molar-refractivity contribution in [1.29, 1.82) is 0 Å². The zero-order valence-corrected chi connectivity index (χ0v) is 19.6. The van der Waals surface area contributed by atoms with E-state index in [1.165, 1.54) is 42.7 Å². The Morgan fingerprint density at radius 1 is 1.00 bits per heavy atom. The zero-order valence-electron chi connectivity index (χ0n) is 17.9. The molecule has 2 aromatic rings. The molecule has 0 amide bonds. The molecule has 1 saturated carbocycles. The van der Waals surface area contributed by atoms with Crippen LogP contribution < -0.4 is 15.5 Å². The lowest BCUT2D eigenvalue weighted by molar-refractivity contribution is 0.162. The van der Waals surface area contributed by atoms with Crippen molar-refractivity contribution in [2.75, 3.05) is 31.1 Å². The molecule has 2 N–H and O–H groups in total. The number of nitrogens with zero attached hydrogens (tertiary/aromatic N) is 2. The summed E-state index contributed by atoms with van der Waals surface area (Å²) >= 11 is 7.55. The third-order valence-electron chi connectivity index (χ3n) is 6.44. The van der Waals surface area contributed by atoms with E-state index in [1.54, 1.807) is 0 Å². The molecule has 2 atom stereocenters. The van der Waals surface area contributed by atoms with Crippen molar-refractivity contribution in [2.24, 2.45) is 0 Å². The molecule has 2 aliphatic rings. The Hall–Kier alpha value is -1.63. The molecule has 1 aromatic heterocycles. The first kappa shape index (κ1) is 21.6. The van der Waals surface area contributed by atoms with Gasteiger partial charge in [0.2, 0.25) is 0 Å². The van der Waals surface area contributed by atoms with Crippen LogP contribution in [0.4, 0.5) is 5.69 Å². The molecule has 162 valence electrons. The number of benzene rings is 1. The van der Waals surface area contributed by atoms with Crippen molar-refractivity contribution in [3.05, 3.63) is 52.7 Å². The largest absolute Gasteiger partial charge is 0.369 e. The lowest BCUT2D eigenvalue weighted by Crippen LogP contribution is -2.54. The summed E-state index contributed by atoms with van der Waals surface area (Å²) in [4.78, 5) is 6.55. The van der Waals surface area contributed by atoms with Crippen LogP contribution in [0.25, 0.3) is 0 Å². The Balaban J connectivity index is 1.37. The van der Waals surface area contributed by atoms with E-state index in [0.717, 1.165) is 31.3 Å². The highest BCUT2D eigenvalue weighted by Crippen LogP contribution is 2.30. The first-order valence-electron chi connectivity index (χ1n) is 11.3. The summed E-state index contributed by atoms with van der Waals surface area (Å²) in [6.07, 6.45) is 6.49. The van der Waals surface area contributed by atoms with Crippen LogP contribution in [0.3, 0.4) is 0 Å². The molecule has 4 nitrogen and oxygen atoms in total.